The van der Waals surface area contributed by atoms with E-state index in [-0.39, 0.29) is 40.4 Å². The molecule has 11 heteroatoms. The van der Waals surface area contributed by atoms with Gasteiger partial charge in [-0.3, -0.25) is 0 Å². The van der Waals surface area contributed by atoms with Crippen LogP contribution in [0.1, 0.15) is 30.4 Å². The van der Waals surface area contributed by atoms with Crippen molar-refractivity contribution < 1.29 is 30.9 Å². The Kier molecular flexibility index (Phi) is 5.35. The zero-order valence-corrected chi connectivity index (χ0v) is 16.6. The lowest BCUT2D eigenvalue weighted by Crippen LogP contribution is -2.10. The highest BCUT2D eigenvalue weighted by Crippen LogP contribution is 2.40. The number of aromatic nitrogens is 3. The lowest BCUT2D eigenvalue weighted by molar-refractivity contribution is -0.135. The van der Waals surface area contributed by atoms with Crippen LogP contribution in [-0.2, 0) is 19.1 Å². The molecule has 0 amide bonds. The molecule has 0 bridgehead atoms. The lowest BCUT2D eigenvalue weighted by atomic mass is 10.1. The summed E-state index contributed by atoms with van der Waals surface area (Å²) >= 11 is 0. The molecule has 32 heavy (non-hydrogen) atoms. The van der Waals surface area contributed by atoms with E-state index in [1.807, 2.05) is 6.92 Å². The van der Waals surface area contributed by atoms with E-state index in [2.05, 4.69) is 10.1 Å². The molecule has 0 aliphatic carbocycles. The fraction of sp³-hybridized carbons (Fsp3) is 0.238. The van der Waals surface area contributed by atoms with Crippen LogP contribution in [0.2, 0.25) is 0 Å². The van der Waals surface area contributed by atoms with Crippen LogP contribution in [-0.4, -0.2) is 14.7 Å². The highest BCUT2D eigenvalue weighted by Gasteiger charge is 2.36. The van der Waals surface area contributed by atoms with Crippen molar-refractivity contribution in [1.82, 2.24) is 14.7 Å². The number of benzene rings is 2. The zero-order valence-electron chi connectivity index (χ0n) is 16.6. The van der Waals surface area contributed by atoms with Crippen molar-refractivity contribution in [3.05, 3.63) is 64.9 Å². The van der Waals surface area contributed by atoms with Crippen LogP contribution in [0.15, 0.2) is 34.9 Å². The van der Waals surface area contributed by atoms with Crippen molar-refractivity contribution in [2.24, 2.45) is 0 Å². The average molecular weight is 454 g/mol. The fourth-order valence-corrected chi connectivity index (χ4v) is 3.63. The summed E-state index contributed by atoms with van der Waals surface area (Å²) in [7, 11) is 0. The number of hydrogen-bond acceptors (Lipinski definition) is 4. The molecular formula is C21H16F6N4O. The molecule has 2 heterocycles. The summed E-state index contributed by atoms with van der Waals surface area (Å²) in [5, 5.41) is 3.70. The van der Waals surface area contributed by atoms with E-state index in [4.69, 9.17) is 10.3 Å². The molecule has 0 unspecified atom stereocenters. The Morgan fingerprint density at radius 3 is 2.38 bits per heavy atom. The summed E-state index contributed by atoms with van der Waals surface area (Å²) < 4.78 is 87.6. The highest BCUT2D eigenvalue weighted by atomic mass is 19.4. The maximum Gasteiger partial charge on any atom is 0.419 e. The SMILES string of the molecule is CCCc1cc2c(C(F)(F)F)c(N)ccc2n1Cc1noc(-c2cc(F)c(F)c(F)c2)n1. The number of hydrogen-bond donors (Lipinski definition) is 1. The summed E-state index contributed by atoms with van der Waals surface area (Å²) in [6.07, 6.45) is -3.50. The average Bonchev–Trinajstić information content (AvgIpc) is 3.30. The molecule has 0 aliphatic heterocycles. The Balaban J connectivity index is 1.78. The third kappa shape index (κ3) is 3.78. The molecule has 5 nitrogen and oxygen atoms in total. The quantitative estimate of drug-likeness (QED) is 0.238. The van der Waals surface area contributed by atoms with Crippen molar-refractivity contribution in [3.8, 4) is 11.5 Å². The van der Waals surface area contributed by atoms with Crippen molar-refractivity contribution in [3.63, 3.8) is 0 Å². The predicted octanol–water partition coefficient (Wildman–Crippen LogP) is 5.71. The minimum atomic E-state index is -4.64. The van der Waals surface area contributed by atoms with E-state index in [9.17, 15) is 26.3 Å². The number of aryl methyl sites for hydroxylation is 1. The summed E-state index contributed by atoms with van der Waals surface area (Å²) in [4.78, 5) is 4.06. The first-order valence-corrected chi connectivity index (χ1v) is 9.55. The second-order valence-electron chi connectivity index (χ2n) is 7.20. The molecule has 0 aliphatic rings. The van der Waals surface area contributed by atoms with Gasteiger partial charge in [-0.15, -0.1) is 0 Å². The molecule has 0 saturated carbocycles. The fourth-order valence-electron chi connectivity index (χ4n) is 3.63. The van der Waals surface area contributed by atoms with Crippen LogP contribution >= 0.6 is 0 Å². The number of anilines is 1. The molecule has 0 spiro atoms. The summed E-state index contributed by atoms with van der Waals surface area (Å²) in [5.41, 5.74) is 5.01. The smallest absolute Gasteiger partial charge is 0.398 e. The van der Waals surface area contributed by atoms with Crippen molar-refractivity contribution in [1.29, 1.82) is 0 Å². The predicted molar refractivity (Wildman–Crippen MR) is 104 cm³/mol. The van der Waals surface area contributed by atoms with Crippen LogP contribution in [0.4, 0.5) is 32.0 Å². The van der Waals surface area contributed by atoms with Gasteiger partial charge in [-0.05, 0) is 36.8 Å². The minimum Gasteiger partial charge on any atom is -0.398 e. The van der Waals surface area contributed by atoms with E-state index >= 15 is 0 Å². The Bertz CT molecular complexity index is 1280. The van der Waals surface area contributed by atoms with Crippen LogP contribution < -0.4 is 5.73 Å². The van der Waals surface area contributed by atoms with Gasteiger partial charge in [0.2, 0.25) is 0 Å². The Hall–Kier alpha value is -3.50. The number of nitrogens with two attached hydrogens (primary N) is 1. The minimum absolute atomic E-state index is 0.0488. The normalized spacial score (nSPS) is 12.1. The second-order valence-corrected chi connectivity index (χ2v) is 7.20. The number of nitrogens with zero attached hydrogens (tertiary/aromatic N) is 3. The van der Waals surface area contributed by atoms with E-state index in [0.29, 0.717) is 30.7 Å². The van der Waals surface area contributed by atoms with Gasteiger partial charge in [-0.1, -0.05) is 18.5 Å². The van der Waals surface area contributed by atoms with E-state index in [1.54, 1.807) is 4.57 Å². The van der Waals surface area contributed by atoms with Gasteiger partial charge in [0.15, 0.2) is 23.3 Å². The van der Waals surface area contributed by atoms with Gasteiger partial charge in [0, 0.05) is 27.8 Å². The molecule has 4 rings (SSSR count). The molecule has 0 saturated heterocycles. The van der Waals surface area contributed by atoms with Crippen molar-refractivity contribution >= 4 is 16.6 Å². The summed E-state index contributed by atoms with van der Waals surface area (Å²) in [5.74, 6) is -4.66. The topological polar surface area (TPSA) is 69.9 Å². The molecule has 4 aromatic rings. The highest BCUT2D eigenvalue weighted by molar-refractivity contribution is 5.89. The van der Waals surface area contributed by atoms with Gasteiger partial charge in [0.1, 0.15) is 0 Å². The number of halogens is 6. The first kappa shape index (κ1) is 21.7. The molecule has 0 radical (unpaired) electrons. The van der Waals surface area contributed by atoms with Gasteiger partial charge in [-0.2, -0.15) is 18.2 Å². The van der Waals surface area contributed by atoms with Crippen LogP contribution in [0.25, 0.3) is 22.4 Å². The molecule has 0 atom stereocenters. The van der Waals surface area contributed by atoms with E-state index in [1.165, 1.54) is 18.2 Å². The van der Waals surface area contributed by atoms with Crippen LogP contribution in [0, 0.1) is 17.5 Å². The summed E-state index contributed by atoms with van der Waals surface area (Å²) in [6, 6.07) is 5.51. The van der Waals surface area contributed by atoms with E-state index in [0.717, 1.165) is 0 Å². The second kappa shape index (κ2) is 7.88. The van der Waals surface area contributed by atoms with Crippen molar-refractivity contribution in [2.45, 2.75) is 32.5 Å². The van der Waals surface area contributed by atoms with Crippen molar-refractivity contribution in [2.75, 3.05) is 5.73 Å². The molecule has 168 valence electrons. The van der Waals surface area contributed by atoms with Gasteiger partial charge >= 0.3 is 6.18 Å². The van der Waals surface area contributed by atoms with Crippen LogP contribution in [0.5, 0.6) is 0 Å². The number of fused-ring (bicyclic) bond motifs is 1. The Morgan fingerprint density at radius 1 is 1.06 bits per heavy atom. The largest absolute Gasteiger partial charge is 0.419 e. The maximum atomic E-state index is 13.6. The van der Waals surface area contributed by atoms with Crippen LogP contribution in [0.3, 0.4) is 0 Å². The molecular weight excluding hydrogens is 438 g/mol. The zero-order chi connectivity index (χ0) is 23.2. The van der Waals surface area contributed by atoms with Gasteiger partial charge in [0.05, 0.1) is 12.1 Å². The monoisotopic (exact) mass is 454 g/mol. The Labute approximate surface area is 177 Å². The first-order chi connectivity index (χ1) is 15.1. The third-order valence-corrected chi connectivity index (χ3v) is 4.99. The molecule has 2 N–H and O–H groups in total. The van der Waals surface area contributed by atoms with E-state index < -0.39 is 29.2 Å². The standard InChI is InChI=1S/C21H16F6N4O/c1-2-3-11-8-12-16(5-4-15(28)18(12)21(25,26)27)31(11)9-17-29-20(32-30-17)10-6-13(22)19(24)14(23)7-10/h4-8H,2-3,9,28H2,1H3. The van der Waals surface area contributed by atoms with Gasteiger partial charge < -0.3 is 14.8 Å². The summed E-state index contributed by atoms with van der Waals surface area (Å²) in [6.45, 7) is 1.82. The van der Waals surface area contributed by atoms with Gasteiger partial charge in [-0.25, -0.2) is 13.2 Å². The lowest BCUT2D eigenvalue weighted by Gasteiger charge is -2.12. The Morgan fingerprint density at radius 2 is 1.75 bits per heavy atom. The number of nitrogen functional groups attached to an aromatic ring is 1. The molecule has 2 aromatic carbocycles. The first-order valence-electron chi connectivity index (χ1n) is 9.55. The third-order valence-electron chi connectivity index (χ3n) is 4.99. The van der Waals surface area contributed by atoms with Gasteiger partial charge in [0.25, 0.3) is 5.89 Å². The number of alkyl halides is 3. The molecule has 2 aromatic heterocycles. The maximum absolute atomic E-state index is 13.6. The molecule has 0 fully saturated rings. The number of rotatable bonds is 5.